The number of aliphatic hydroxyl groups is 1. The minimum atomic E-state index is -0.432. The Bertz CT molecular complexity index is 888. The topological polar surface area (TPSA) is 53.9 Å². The summed E-state index contributed by atoms with van der Waals surface area (Å²) in [6.45, 7) is 0.869. The second kappa shape index (κ2) is 6.86. The average Bonchev–Trinajstić information content (AvgIpc) is 2.61. The van der Waals surface area contributed by atoms with Crippen molar-refractivity contribution in [2.24, 2.45) is 0 Å². The zero-order valence-corrected chi connectivity index (χ0v) is 15.0. The Morgan fingerprint density at radius 1 is 1.12 bits per heavy atom. The highest BCUT2D eigenvalue weighted by molar-refractivity contribution is 6.31. The van der Waals surface area contributed by atoms with Gasteiger partial charge >= 0.3 is 0 Å². The first-order valence-corrected chi connectivity index (χ1v) is 9.24. The summed E-state index contributed by atoms with van der Waals surface area (Å²) in [4.78, 5) is 12.9. The lowest BCUT2D eigenvalue weighted by Crippen LogP contribution is -2.87. The molecule has 0 amide bonds. The van der Waals surface area contributed by atoms with Crippen LogP contribution in [0.15, 0.2) is 53.8 Å². The van der Waals surface area contributed by atoms with Crippen LogP contribution in [0.3, 0.4) is 0 Å². The van der Waals surface area contributed by atoms with Gasteiger partial charge in [-0.15, -0.1) is 0 Å². The fourth-order valence-electron chi connectivity index (χ4n) is 4.24. The summed E-state index contributed by atoms with van der Waals surface area (Å²) < 4.78 is 14.2. The van der Waals surface area contributed by atoms with E-state index in [0.717, 1.165) is 18.5 Å². The minimum absolute atomic E-state index is 0.0588. The quantitative estimate of drug-likeness (QED) is 0.846. The predicted octanol–water partition coefficient (Wildman–Crippen LogP) is 3.60. The molecule has 3 N–H and O–H groups in total. The van der Waals surface area contributed by atoms with Crippen molar-refractivity contribution in [2.75, 3.05) is 6.54 Å². The Morgan fingerprint density at radius 2 is 1.92 bits per heavy atom. The van der Waals surface area contributed by atoms with Gasteiger partial charge in [0.1, 0.15) is 17.6 Å². The van der Waals surface area contributed by atoms with Gasteiger partial charge in [0.2, 0.25) is 0 Å². The first kappa shape index (κ1) is 17.3. The Labute approximate surface area is 156 Å². The van der Waals surface area contributed by atoms with Gasteiger partial charge in [0.25, 0.3) is 0 Å². The van der Waals surface area contributed by atoms with Crippen LogP contribution in [0.2, 0.25) is 5.02 Å². The van der Waals surface area contributed by atoms with Crippen molar-refractivity contribution in [2.45, 2.75) is 31.2 Å². The summed E-state index contributed by atoms with van der Waals surface area (Å²) in [6.07, 6.45) is 1.34. The number of aliphatic hydroxyl groups excluding tert-OH is 1. The van der Waals surface area contributed by atoms with Crippen LogP contribution in [0.5, 0.6) is 0 Å². The second-order valence-electron chi connectivity index (χ2n) is 6.97. The molecule has 0 radical (unpaired) electrons. The average molecular weight is 373 g/mol. The highest BCUT2D eigenvalue weighted by Gasteiger charge is 2.38. The Hall–Kier alpha value is -2.17. The molecule has 0 spiro atoms. The maximum Gasteiger partial charge on any atom is 0.169 e. The summed E-state index contributed by atoms with van der Waals surface area (Å²) in [6, 6.07) is 12.3. The number of benzene rings is 2. The first-order chi connectivity index (χ1) is 12.6. The first-order valence-electron chi connectivity index (χ1n) is 8.86. The van der Waals surface area contributed by atoms with Crippen molar-refractivity contribution in [3.8, 4) is 0 Å². The van der Waals surface area contributed by atoms with Gasteiger partial charge in [-0.1, -0.05) is 41.9 Å². The number of Topliss-reactive ketones (excluding diaryl/α,β-unsaturated/α-hetero) is 1. The number of carbonyl (C=O) groups excluding carboxylic acids is 1. The van der Waals surface area contributed by atoms with Crippen molar-refractivity contribution in [3.63, 3.8) is 0 Å². The highest BCUT2D eigenvalue weighted by Crippen LogP contribution is 2.41. The molecule has 2 atom stereocenters. The van der Waals surface area contributed by atoms with Crippen molar-refractivity contribution in [3.05, 3.63) is 81.3 Å². The molecule has 1 aliphatic heterocycles. The van der Waals surface area contributed by atoms with Gasteiger partial charge in [0.15, 0.2) is 5.78 Å². The molecule has 0 aromatic heterocycles. The number of rotatable bonds is 2. The lowest BCUT2D eigenvalue weighted by molar-refractivity contribution is -0.690. The Kier molecular flexibility index (Phi) is 4.55. The standard InChI is InChI=1S/C21H19ClFNO2/c22-15-6-3-7-16(23)19(15)13-10-17(25)20(18(26)11-13)21-14-5-2-1-4-12(14)8-9-24-21/h1-7,13,21,24-25H,8-11H2/p+1/t13-,21+/m1/s1. The normalized spacial score (nSPS) is 23.1. The molecule has 0 unspecified atom stereocenters. The fraction of sp³-hybridized carbons (Fsp3) is 0.286. The third-order valence-electron chi connectivity index (χ3n) is 5.41. The van der Waals surface area contributed by atoms with E-state index in [1.807, 2.05) is 18.2 Å². The smallest absolute Gasteiger partial charge is 0.169 e. The molecule has 1 aliphatic carbocycles. The number of halogens is 2. The largest absolute Gasteiger partial charge is 0.512 e. The third-order valence-corrected chi connectivity index (χ3v) is 5.74. The third kappa shape index (κ3) is 2.93. The lowest BCUT2D eigenvalue weighted by atomic mass is 9.77. The molecule has 2 aromatic carbocycles. The van der Waals surface area contributed by atoms with Crippen LogP contribution < -0.4 is 5.32 Å². The predicted molar refractivity (Wildman–Crippen MR) is 97.7 cm³/mol. The molecule has 4 rings (SSSR count). The SMILES string of the molecule is O=C1C[C@H](c2c(F)cccc2Cl)CC(O)=C1[C@H]1[NH2+]CCc2ccccc21. The van der Waals surface area contributed by atoms with Crippen LogP contribution in [-0.4, -0.2) is 17.4 Å². The molecular formula is C21H20ClFNO2+. The number of hydrogen-bond acceptors (Lipinski definition) is 2. The fourth-order valence-corrected chi connectivity index (χ4v) is 4.56. The summed E-state index contributed by atoms with van der Waals surface area (Å²) in [7, 11) is 0. The summed E-state index contributed by atoms with van der Waals surface area (Å²) in [5.41, 5.74) is 3.07. The molecule has 5 heteroatoms. The van der Waals surface area contributed by atoms with Crippen molar-refractivity contribution < 1.29 is 19.6 Å². The number of fused-ring (bicyclic) bond motifs is 1. The van der Waals surface area contributed by atoms with E-state index in [-0.39, 0.29) is 30.4 Å². The molecule has 134 valence electrons. The molecule has 3 nitrogen and oxygen atoms in total. The number of hydrogen-bond donors (Lipinski definition) is 2. The van der Waals surface area contributed by atoms with E-state index in [2.05, 4.69) is 11.4 Å². The van der Waals surface area contributed by atoms with Crippen LogP contribution in [-0.2, 0) is 11.2 Å². The van der Waals surface area contributed by atoms with Crippen molar-refractivity contribution >= 4 is 17.4 Å². The van der Waals surface area contributed by atoms with E-state index in [9.17, 15) is 14.3 Å². The number of carbonyl (C=O) groups is 1. The van der Waals surface area contributed by atoms with Crippen LogP contribution in [0.4, 0.5) is 4.39 Å². The Morgan fingerprint density at radius 3 is 2.69 bits per heavy atom. The zero-order chi connectivity index (χ0) is 18.3. The van der Waals surface area contributed by atoms with Crippen molar-refractivity contribution in [1.82, 2.24) is 0 Å². The van der Waals surface area contributed by atoms with E-state index in [4.69, 9.17) is 11.6 Å². The van der Waals surface area contributed by atoms with Crippen LogP contribution in [0.1, 0.15) is 41.5 Å². The van der Waals surface area contributed by atoms with Crippen LogP contribution >= 0.6 is 11.6 Å². The number of allylic oxidation sites excluding steroid dienone is 1. The van der Waals surface area contributed by atoms with E-state index in [1.165, 1.54) is 11.6 Å². The maximum absolute atomic E-state index is 14.2. The van der Waals surface area contributed by atoms with Gasteiger partial charge in [-0.3, -0.25) is 4.79 Å². The minimum Gasteiger partial charge on any atom is -0.512 e. The van der Waals surface area contributed by atoms with E-state index in [0.29, 0.717) is 16.2 Å². The van der Waals surface area contributed by atoms with Crippen LogP contribution in [0.25, 0.3) is 0 Å². The van der Waals surface area contributed by atoms with Gasteiger partial charge in [-0.05, 0) is 17.7 Å². The highest BCUT2D eigenvalue weighted by atomic mass is 35.5. The van der Waals surface area contributed by atoms with E-state index in [1.54, 1.807) is 12.1 Å². The molecule has 0 saturated carbocycles. The van der Waals surface area contributed by atoms with E-state index < -0.39 is 11.7 Å². The molecule has 1 heterocycles. The molecule has 2 aliphatic rings. The molecule has 2 aromatic rings. The van der Waals surface area contributed by atoms with Crippen LogP contribution in [0, 0.1) is 5.82 Å². The number of quaternary nitrogens is 1. The maximum atomic E-state index is 14.2. The Balaban J connectivity index is 1.71. The number of ketones is 1. The number of nitrogens with two attached hydrogens (primary N) is 1. The molecule has 0 bridgehead atoms. The molecule has 0 fully saturated rings. The van der Waals surface area contributed by atoms with Gasteiger partial charge < -0.3 is 10.4 Å². The van der Waals surface area contributed by atoms with Gasteiger partial charge in [-0.2, -0.15) is 0 Å². The molecule has 0 saturated heterocycles. The molecular weight excluding hydrogens is 353 g/mol. The summed E-state index contributed by atoms with van der Waals surface area (Å²) in [5, 5.41) is 13.1. The summed E-state index contributed by atoms with van der Waals surface area (Å²) >= 11 is 6.16. The lowest BCUT2D eigenvalue weighted by Gasteiger charge is -2.30. The monoisotopic (exact) mass is 372 g/mol. The van der Waals surface area contributed by atoms with Gasteiger partial charge in [-0.25, -0.2) is 4.39 Å². The van der Waals surface area contributed by atoms with Gasteiger partial charge in [0.05, 0.1) is 12.1 Å². The molecule has 26 heavy (non-hydrogen) atoms. The second-order valence-corrected chi connectivity index (χ2v) is 7.38. The van der Waals surface area contributed by atoms with Gasteiger partial charge in [0, 0.05) is 41.3 Å². The van der Waals surface area contributed by atoms with E-state index >= 15 is 0 Å². The van der Waals surface area contributed by atoms with Crippen molar-refractivity contribution in [1.29, 1.82) is 0 Å². The zero-order valence-electron chi connectivity index (χ0n) is 14.2. The summed E-state index contributed by atoms with van der Waals surface area (Å²) in [5.74, 6) is -0.931.